The third-order valence-corrected chi connectivity index (χ3v) is 6.79. The zero-order valence-electron chi connectivity index (χ0n) is 23.7. The molecule has 0 aliphatic rings. The average Bonchev–Trinajstić information content (AvgIpc) is 2.97. The van der Waals surface area contributed by atoms with Crippen LogP contribution in [0.4, 0.5) is 0 Å². The number of hydrogen-bond donors (Lipinski definition) is 0. The van der Waals surface area contributed by atoms with Gasteiger partial charge in [0, 0.05) is 29.6 Å². The van der Waals surface area contributed by atoms with E-state index >= 15 is 0 Å². The standard InChI is InChI=1S/C34H41N3O2/c1-4-6-8-12-21-38-28-23-26(3)34(33(24-28)39-22-13-9-7-5-2)27-18-19-30(36-25-27)32-17-14-16-31(37-32)29-15-10-11-20-35-29/h10-11,14-20,23-25H,4-9,12-13,21-22H2,1-3H3. The van der Waals surface area contributed by atoms with Gasteiger partial charge in [0.2, 0.25) is 0 Å². The van der Waals surface area contributed by atoms with E-state index in [1.807, 2.05) is 54.7 Å². The number of hydrogen-bond acceptors (Lipinski definition) is 5. The third kappa shape index (κ3) is 8.13. The summed E-state index contributed by atoms with van der Waals surface area (Å²) in [5, 5.41) is 0. The van der Waals surface area contributed by atoms with Crippen LogP contribution in [0.5, 0.6) is 11.5 Å². The fourth-order valence-corrected chi connectivity index (χ4v) is 4.65. The number of unbranched alkanes of at least 4 members (excludes halogenated alkanes) is 6. The van der Waals surface area contributed by atoms with Gasteiger partial charge in [-0.15, -0.1) is 0 Å². The lowest BCUT2D eigenvalue weighted by molar-refractivity contribution is 0.291. The van der Waals surface area contributed by atoms with Crippen molar-refractivity contribution in [1.82, 2.24) is 15.0 Å². The predicted octanol–water partition coefficient (Wildman–Crippen LogP) is 9.10. The maximum absolute atomic E-state index is 6.36. The van der Waals surface area contributed by atoms with Crippen molar-refractivity contribution in [3.05, 3.63) is 78.6 Å². The summed E-state index contributed by atoms with van der Waals surface area (Å²) in [6.45, 7) is 8.00. The van der Waals surface area contributed by atoms with Gasteiger partial charge in [-0.3, -0.25) is 9.97 Å². The highest BCUT2D eigenvalue weighted by Gasteiger charge is 2.14. The number of aryl methyl sites for hydroxylation is 1. The van der Waals surface area contributed by atoms with E-state index in [1.54, 1.807) is 6.20 Å². The van der Waals surface area contributed by atoms with Crippen LogP contribution in [0, 0.1) is 6.92 Å². The van der Waals surface area contributed by atoms with E-state index in [0.29, 0.717) is 6.61 Å². The summed E-state index contributed by atoms with van der Waals surface area (Å²) >= 11 is 0. The molecule has 5 heteroatoms. The van der Waals surface area contributed by atoms with Crippen LogP contribution in [0.2, 0.25) is 0 Å². The number of rotatable bonds is 15. The van der Waals surface area contributed by atoms with Gasteiger partial charge in [0.1, 0.15) is 11.5 Å². The Morgan fingerprint density at radius 2 is 1.33 bits per heavy atom. The van der Waals surface area contributed by atoms with E-state index in [0.717, 1.165) is 70.4 Å². The van der Waals surface area contributed by atoms with E-state index in [1.165, 1.54) is 38.5 Å². The van der Waals surface area contributed by atoms with Gasteiger partial charge in [-0.25, -0.2) is 4.98 Å². The van der Waals surface area contributed by atoms with Crippen LogP contribution in [-0.4, -0.2) is 28.2 Å². The summed E-state index contributed by atoms with van der Waals surface area (Å²) in [6.07, 6.45) is 13.1. The molecule has 4 rings (SSSR count). The summed E-state index contributed by atoms with van der Waals surface area (Å²) < 4.78 is 12.5. The molecular formula is C34H41N3O2. The van der Waals surface area contributed by atoms with Crippen molar-refractivity contribution in [2.24, 2.45) is 0 Å². The maximum Gasteiger partial charge on any atom is 0.131 e. The zero-order valence-corrected chi connectivity index (χ0v) is 23.7. The Morgan fingerprint density at radius 3 is 1.97 bits per heavy atom. The lowest BCUT2D eigenvalue weighted by Crippen LogP contribution is -2.03. The van der Waals surface area contributed by atoms with Crippen molar-refractivity contribution < 1.29 is 9.47 Å². The van der Waals surface area contributed by atoms with Crippen LogP contribution in [-0.2, 0) is 0 Å². The van der Waals surface area contributed by atoms with Crippen molar-refractivity contribution in [2.75, 3.05) is 13.2 Å². The van der Waals surface area contributed by atoms with Gasteiger partial charge in [-0.2, -0.15) is 0 Å². The van der Waals surface area contributed by atoms with Crippen molar-refractivity contribution in [1.29, 1.82) is 0 Å². The molecule has 0 spiro atoms. The monoisotopic (exact) mass is 523 g/mol. The second-order valence-corrected chi connectivity index (χ2v) is 9.99. The summed E-state index contributed by atoms with van der Waals surface area (Å²) in [6, 6.07) is 20.1. The summed E-state index contributed by atoms with van der Waals surface area (Å²) in [5.41, 5.74) is 6.53. The van der Waals surface area contributed by atoms with Crippen LogP contribution in [0.15, 0.2) is 73.1 Å². The molecule has 0 aliphatic carbocycles. The molecular weight excluding hydrogens is 482 g/mol. The van der Waals surface area contributed by atoms with Gasteiger partial charge < -0.3 is 9.47 Å². The topological polar surface area (TPSA) is 57.1 Å². The first-order valence-corrected chi connectivity index (χ1v) is 14.4. The number of pyridine rings is 3. The third-order valence-electron chi connectivity index (χ3n) is 6.79. The Balaban J connectivity index is 1.56. The maximum atomic E-state index is 6.36. The fourth-order valence-electron chi connectivity index (χ4n) is 4.65. The number of nitrogens with zero attached hydrogens (tertiary/aromatic N) is 3. The number of aromatic nitrogens is 3. The molecule has 1 aromatic carbocycles. The Bertz CT molecular complexity index is 1290. The van der Waals surface area contributed by atoms with Crippen LogP contribution in [0.3, 0.4) is 0 Å². The lowest BCUT2D eigenvalue weighted by atomic mass is 10.00. The van der Waals surface area contributed by atoms with E-state index in [4.69, 9.17) is 19.4 Å². The zero-order chi connectivity index (χ0) is 27.3. The first-order valence-electron chi connectivity index (χ1n) is 14.4. The lowest BCUT2D eigenvalue weighted by Gasteiger charge is -2.17. The first-order chi connectivity index (χ1) is 19.2. The molecule has 0 saturated heterocycles. The van der Waals surface area contributed by atoms with Crippen molar-refractivity contribution >= 4 is 0 Å². The van der Waals surface area contributed by atoms with Gasteiger partial charge in [-0.1, -0.05) is 70.6 Å². The molecule has 3 aromatic heterocycles. The number of ether oxygens (including phenoxy) is 2. The quantitative estimate of drug-likeness (QED) is 0.145. The summed E-state index contributed by atoms with van der Waals surface area (Å²) in [7, 11) is 0. The van der Waals surface area contributed by atoms with Crippen molar-refractivity contribution in [3.63, 3.8) is 0 Å². The first kappa shape index (κ1) is 28.3. The van der Waals surface area contributed by atoms with E-state index in [-0.39, 0.29) is 0 Å². The predicted molar refractivity (Wildman–Crippen MR) is 160 cm³/mol. The normalized spacial score (nSPS) is 10.9. The number of benzene rings is 1. The van der Waals surface area contributed by atoms with Gasteiger partial charge in [0.05, 0.1) is 36.0 Å². The highest BCUT2D eigenvalue weighted by molar-refractivity contribution is 5.76. The van der Waals surface area contributed by atoms with Crippen LogP contribution in [0.1, 0.15) is 70.8 Å². The largest absolute Gasteiger partial charge is 0.493 e. The highest BCUT2D eigenvalue weighted by atomic mass is 16.5. The van der Waals surface area contributed by atoms with E-state index in [2.05, 4.69) is 37.9 Å². The minimum absolute atomic E-state index is 0.697. The molecule has 39 heavy (non-hydrogen) atoms. The van der Waals surface area contributed by atoms with Crippen LogP contribution < -0.4 is 9.47 Å². The van der Waals surface area contributed by atoms with Gasteiger partial charge in [-0.05, 0) is 61.7 Å². The van der Waals surface area contributed by atoms with Gasteiger partial charge in [0.25, 0.3) is 0 Å². The summed E-state index contributed by atoms with van der Waals surface area (Å²) in [5.74, 6) is 1.73. The molecule has 5 nitrogen and oxygen atoms in total. The Kier molecular flexibility index (Phi) is 10.9. The molecule has 0 amide bonds. The Morgan fingerprint density at radius 1 is 0.641 bits per heavy atom. The Hall–Kier alpha value is -3.73. The smallest absolute Gasteiger partial charge is 0.131 e. The molecule has 0 radical (unpaired) electrons. The molecule has 0 atom stereocenters. The second-order valence-electron chi connectivity index (χ2n) is 9.99. The van der Waals surface area contributed by atoms with E-state index < -0.39 is 0 Å². The van der Waals surface area contributed by atoms with Crippen molar-refractivity contribution in [3.8, 4) is 45.4 Å². The Labute approximate surface area is 233 Å². The van der Waals surface area contributed by atoms with Crippen molar-refractivity contribution in [2.45, 2.75) is 72.1 Å². The molecule has 0 bridgehead atoms. The molecule has 0 N–H and O–H groups in total. The SMILES string of the molecule is CCCCCCOc1cc(C)c(-c2ccc(-c3cccc(-c4ccccn4)n3)nc2)c(OCCCCCC)c1. The van der Waals surface area contributed by atoms with Gasteiger partial charge >= 0.3 is 0 Å². The van der Waals surface area contributed by atoms with Crippen LogP contribution in [0.25, 0.3) is 33.9 Å². The minimum atomic E-state index is 0.697. The summed E-state index contributed by atoms with van der Waals surface area (Å²) in [4.78, 5) is 14.0. The molecule has 0 unspecified atom stereocenters. The highest BCUT2D eigenvalue weighted by Crippen LogP contribution is 2.37. The molecule has 0 fully saturated rings. The molecule has 0 saturated carbocycles. The minimum Gasteiger partial charge on any atom is -0.493 e. The van der Waals surface area contributed by atoms with Gasteiger partial charge in [0.15, 0.2) is 0 Å². The fraction of sp³-hybridized carbons (Fsp3) is 0.382. The molecule has 0 aliphatic heterocycles. The molecule has 3 heterocycles. The second kappa shape index (κ2) is 15.0. The van der Waals surface area contributed by atoms with E-state index in [9.17, 15) is 0 Å². The molecule has 204 valence electrons. The average molecular weight is 524 g/mol. The molecule has 4 aromatic rings. The van der Waals surface area contributed by atoms with Crippen LogP contribution >= 0.6 is 0 Å².